The van der Waals surface area contributed by atoms with E-state index in [9.17, 15) is 9.59 Å². The second-order valence-corrected chi connectivity index (χ2v) is 7.73. The van der Waals surface area contributed by atoms with Crippen molar-refractivity contribution in [1.82, 2.24) is 15.2 Å². The first kappa shape index (κ1) is 19.5. The van der Waals surface area contributed by atoms with Crippen molar-refractivity contribution in [3.63, 3.8) is 0 Å². The summed E-state index contributed by atoms with van der Waals surface area (Å²) in [5.74, 6) is -0.106. The standard InChI is InChI=1S/C22H31N3O2/c1-3-4-14-23-21(27)22(12-8-5-9-13-22)24-20(26)16-25-17(2)15-18-10-6-7-11-19(18)25/h6-7,10-11,15H,3-5,8-9,12-14,16H2,1-2H3,(H,23,27)(H,24,26). The lowest BCUT2D eigenvalue weighted by Gasteiger charge is -2.36. The summed E-state index contributed by atoms with van der Waals surface area (Å²) in [4.78, 5) is 25.8. The molecule has 1 aromatic carbocycles. The van der Waals surface area contributed by atoms with Gasteiger partial charge in [0.2, 0.25) is 11.8 Å². The Kier molecular flexibility index (Phi) is 6.19. The van der Waals surface area contributed by atoms with Gasteiger partial charge >= 0.3 is 0 Å². The molecule has 146 valence electrons. The molecule has 0 unspecified atom stereocenters. The number of nitrogens with one attached hydrogen (secondary N) is 2. The summed E-state index contributed by atoms with van der Waals surface area (Å²) in [5.41, 5.74) is 1.35. The molecule has 3 rings (SSSR count). The van der Waals surface area contributed by atoms with Gasteiger partial charge < -0.3 is 15.2 Å². The maximum Gasteiger partial charge on any atom is 0.245 e. The van der Waals surface area contributed by atoms with E-state index in [1.165, 1.54) is 0 Å². The highest BCUT2D eigenvalue weighted by molar-refractivity contribution is 5.92. The van der Waals surface area contributed by atoms with E-state index in [2.05, 4.69) is 29.7 Å². The van der Waals surface area contributed by atoms with Crippen LogP contribution in [-0.4, -0.2) is 28.5 Å². The molecule has 1 fully saturated rings. The first-order chi connectivity index (χ1) is 13.1. The molecule has 0 spiro atoms. The van der Waals surface area contributed by atoms with E-state index in [0.29, 0.717) is 6.54 Å². The van der Waals surface area contributed by atoms with Gasteiger partial charge in [-0.25, -0.2) is 0 Å². The summed E-state index contributed by atoms with van der Waals surface area (Å²) in [7, 11) is 0. The molecular weight excluding hydrogens is 338 g/mol. The number of rotatable bonds is 7. The van der Waals surface area contributed by atoms with Gasteiger partial charge in [-0.05, 0) is 43.7 Å². The Morgan fingerprint density at radius 3 is 2.63 bits per heavy atom. The molecule has 5 heteroatoms. The van der Waals surface area contributed by atoms with Crippen molar-refractivity contribution in [1.29, 1.82) is 0 Å². The Hall–Kier alpha value is -2.30. The minimum Gasteiger partial charge on any atom is -0.354 e. The van der Waals surface area contributed by atoms with Gasteiger partial charge in [-0.3, -0.25) is 9.59 Å². The third kappa shape index (κ3) is 4.34. The number of carbonyl (C=O) groups excluding carboxylic acids is 2. The lowest BCUT2D eigenvalue weighted by Crippen LogP contribution is -2.60. The van der Waals surface area contributed by atoms with Crippen LogP contribution in [-0.2, 0) is 16.1 Å². The van der Waals surface area contributed by atoms with Crippen LogP contribution in [0.1, 0.15) is 57.6 Å². The zero-order chi connectivity index (χ0) is 19.3. The topological polar surface area (TPSA) is 63.1 Å². The van der Waals surface area contributed by atoms with E-state index in [1.54, 1.807) is 0 Å². The SMILES string of the molecule is CCCCNC(=O)C1(NC(=O)Cn2c(C)cc3ccccc32)CCCCC1. The average Bonchev–Trinajstić information content (AvgIpc) is 2.98. The van der Waals surface area contributed by atoms with Crippen molar-refractivity contribution >= 4 is 22.7 Å². The number of para-hydroxylation sites is 1. The number of hydrogen-bond donors (Lipinski definition) is 2. The fraction of sp³-hybridized carbons (Fsp3) is 0.545. The fourth-order valence-corrected chi connectivity index (χ4v) is 4.12. The fourth-order valence-electron chi connectivity index (χ4n) is 4.12. The smallest absolute Gasteiger partial charge is 0.245 e. The number of benzene rings is 1. The molecule has 0 atom stereocenters. The van der Waals surface area contributed by atoms with Crippen LogP contribution in [0.2, 0.25) is 0 Å². The van der Waals surface area contributed by atoms with Gasteiger partial charge in [0.1, 0.15) is 12.1 Å². The van der Waals surface area contributed by atoms with E-state index in [0.717, 1.165) is 61.5 Å². The minimum atomic E-state index is -0.750. The van der Waals surface area contributed by atoms with E-state index >= 15 is 0 Å². The number of hydrogen-bond acceptors (Lipinski definition) is 2. The van der Waals surface area contributed by atoms with Crippen molar-refractivity contribution < 1.29 is 9.59 Å². The highest BCUT2D eigenvalue weighted by Crippen LogP contribution is 2.29. The second kappa shape index (κ2) is 8.59. The number of aromatic nitrogens is 1. The van der Waals surface area contributed by atoms with Crippen LogP contribution in [0, 0.1) is 6.92 Å². The van der Waals surface area contributed by atoms with Gasteiger partial charge in [-0.1, -0.05) is 50.8 Å². The van der Waals surface area contributed by atoms with Gasteiger partial charge in [0.15, 0.2) is 0 Å². The average molecular weight is 370 g/mol. The van der Waals surface area contributed by atoms with Crippen LogP contribution < -0.4 is 10.6 Å². The van der Waals surface area contributed by atoms with Crippen LogP contribution in [0.4, 0.5) is 0 Å². The van der Waals surface area contributed by atoms with Crippen LogP contribution in [0.15, 0.2) is 30.3 Å². The number of amides is 2. The number of fused-ring (bicyclic) bond motifs is 1. The molecule has 1 saturated carbocycles. The predicted molar refractivity (Wildman–Crippen MR) is 109 cm³/mol. The normalized spacial score (nSPS) is 16.2. The van der Waals surface area contributed by atoms with Gasteiger partial charge in [0.05, 0.1) is 0 Å². The maximum absolute atomic E-state index is 12.9. The number of carbonyl (C=O) groups is 2. The molecule has 5 nitrogen and oxygen atoms in total. The molecule has 1 aromatic heterocycles. The van der Waals surface area contributed by atoms with Crippen molar-refractivity contribution in [3.05, 3.63) is 36.0 Å². The van der Waals surface area contributed by atoms with Gasteiger partial charge in [0, 0.05) is 17.8 Å². The van der Waals surface area contributed by atoms with Crippen LogP contribution in [0.25, 0.3) is 10.9 Å². The lowest BCUT2D eigenvalue weighted by molar-refractivity contribution is -0.135. The number of aryl methyl sites for hydroxylation is 1. The minimum absolute atomic E-state index is 0.0157. The summed E-state index contributed by atoms with van der Waals surface area (Å²) in [6.45, 7) is 5.03. The van der Waals surface area contributed by atoms with Gasteiger partial charge in [-0.15, -0.1) is 0 Å². The Labute approximate surface area is 161 Å². The molecule has 1 aliphatic rings. The summed E-state index contributed by atoms with van der Waals surface area (Å²) in [5, 5.41) is 7.29. The zero-order valence-corrected chi connectivity index (χ0v) is 16.5. The van der Waals surface area contributed by atoms with E-state index in [-0.39, 0.29) is 18.4 Å². The van der Waals surface area contributed by atoms with Crippen molar-refractivity contribution in [2.75, 3.05) is 6.54 Å². The van der Waals surface area contributed by atoms with Crippen LogP contribution in [0.5, 0.6) is 0 Å². The molecule has 0 aliphatic heterocycles. The van der Waals surface area contributed by atoms with E-state index < -0.39 is 5.54 Å². The largest absolute Gasteiger partial charge is 0.354 e. The number of unbranched alkanes of at least 4 members (excludes halogenated alkanes) is 1. The molecule has 1 aliphatic carbocycles. The molecule has 0 radical (unpaired) electrons. The molecule has 27 heavy (non-hydrogen) atoms. The zero-order valence-electron chi connectivity index (χ0n) is 16.5. The molecule has 0 saturated heterocycles. The summed E-state index contributed by atoms with van der Waals surface area (Å²) in [6, 6.07) is 10.2. The maximum atomic E-state index is 12.9. The Morgan fingerprint density at radius 2 is 1.89 bits per heavy atom. The van der Waals surface area contributed by atoms with Crippen LogP contribution in [0.3, 0.4) is 0 Å². The Balaban J connectivity index is 1.74. The molecule has 2 amide bonds. The number of nitrogens with zero attached hydrogens (tertiary/aromatic N) is 1. The molecule has 2 aromatic rings. The molecular formula is C22H31N3O2. The van der Waals surface area contributed by atoms with Crippen molar-refractivity contribution in [2.24, 2.45) is 0 Å². The van der Waals surface area contributed by atoms with Gasteiger partial charge in [0.25, 0.3) is 0 Å². The molecule has 1 heterocycles. The molecule has 2 N–H and O–H groups in total. The second-order valence-electron chi connectivity index (χ2n) is 7.73. The molecule has 0 bridgehead atoms. The van der Waals surface area contributed by atoms with Crippen LogP contribution >= 0.6 is 0 Å². The summed E-state index contributed by atoms with van der Waals surface area (Å²) in [6.07, 6.45) is 6.54. The first-order valence-electron chi connectivity index (χ1n) is 10.2. The third-order valence-corrected chi connectivity index (χ3v) is 5.66. The first-order valence-corrected chi connectivity index (χ1v) is 10.2. The quantitative estimate of drug-likeness (QED) is 0.731. The highest BCUT2D eigenvalue weighted by atomic mass is 16.2. The van der Waals surface area contributed by atoms with Crippen molar-refractivity contribution in [3.8, 4) is 0 Å². The third-order valence-electron chi connectivity index (χ3n) is 5.66. The highest BCUT2D eigenvalue weighted by Gasteiger charge is 2.40. The summed E-state index contributed by atoms with van der Waals surface area (Å²) >= 11 is 0. The Bertz CT molecular complexity index is 803. The summed E-state index contributed by atoms with van der Waals surface area (Å²) < 4.78 is 2.02. The van der Waals surface area contributed by atoms with E-state index in [4.69, 9.17) is 0 Å². The van der Waals surface area contributed by atoms with E-state index in [1.807, 2.05) is 29.7 Å². The predicted octanol–water partition coefficient (Wildman–Crippen LogP) is 3.69. The van der Waals surface area contributed by atoms with Crippen molar-refractivity contribution in [2.45, 2.75) is 70.9 Å². The Morgan fingerprint density at radius 1 is 1.15 bits per heavy atom. The lowest BCUT2D eigenvalue weighted by atomic mass is 9.80. The van der Waals surface area contributed by atoms with Gasteiger partial charge in [-0.2, -0.15) is 0 Å². The monoisotopic (exact) mass is 369 g/mol.